The van der Waals surface area contributed by atoms with Crippen LogP contribution in [0.4, 0.5) is 5.69 Å². The second-order valence-corrected chi connectivity index (χ2v) is 5.55. The highest BCUT2D eigenvalue weighted by Crippen LogP contribution is 2.20. The Morgan fingerprint density at radius 3 is 3.00 bits per heavy atom. The lowest BCUT2D eigenvalue weighted by atomic mass is 10.0. The van der Waals surface area contributed by atoms with Gasteiger partial charge in [-0.15, -0.1) is 0 Å². The molecule has 7 heteroatoms. The van der Waals surface area contributed by atoms with Gasteiger partial charge in [0.05, 0.1) is 17.6 Å². The third-order valence-electron chi connectivity index (χ3n) is 3.88. The number of benzene rings is 1. The minimum atomic E-state index is -0.702. The van der Waals surface area contributed by atoms with E-state index in [4.69, 9.17) is 4.74 Å². The Bertz CT molecular complexity index is 497. The van der Waals surface area contributed by atoms with Gasteiger partial charge in [-0.25, -0.2) is 0 Å². The molecule has 0 bridgehead atoms. The number of nitro groups is 1. The molecular formula is C15H22N2O5. The summed E-state index contributed by atoms with van der Waals surface area (Å²) >= 11 is 0. The Labute approximate surface area is 129 Å². The molecule has 0 saturated carbocycles. The quantitative estimate of drug-likeness (QED) is 0.580. The Morgan fingerprint density at radius 1 is 1.45 bits per heavy atom. The molecule has 2 N–H and O–H groups in total. The molecule has 2 atom stereocenters. The molecule has 0 aromatic heterocycles. The molecule has 0 unspecified atom stereocenters. The summed E-state index contributed by atoms with van der Waals surface area (Å²) in [5.74, 6) is 0.366. The van der Waals surface area contributed by atoms with Gasteiger partial charge in [0, 0.05) is 18.7 Å². The van der Waals surface area contributed by atoms with Crippen LogP contribution in [-0.2, 0) is 0 Å². The third-order valence-corrected chi connectivity index (χ3v) is 3.88. The first-order valence-electron chi connectivity index (χ1n) is 7.50. The third kappa shape index (κ3) is 4.66. The van der Waals surface area contributed by atoms with E-state index in [1.54, 1.807) is 12.1 Å². The Hall–Kier alpha value is -1.70. The van der Waals surface area contributed by atoms with Crippen LogP contribution in [0.2, 0.25) is 0 Å². The number of β-amino-alcohol motifs (C(OH)–C–C–N with tert-alkyl or cyclic N) is 1. The summed E-state index contributed by atoms with van der Waals surface area (Å²) < 4.78 is 5.43. The summed E-state index contributed by atoms with van der Waals surface area (Å²) in [4.78, 5) is 12.3. The van der Waals surface area contributed by atoms with Crippen molar-refractivity contribution in [1.29, 1.82) is 0 Å². The minimum Gasteiger partial charge on any atom is -0.491 e. The lowest BCUT2D eigenvalue weighted by molar-refractivity contribution is -0.384. The summed E-state index contributed by atoms with van der Waals surface area (Å²) in [5, 5.41) is 30.1. The van der Waals surface area contributed by atoms with Crippen molar-refractivity contribution in [2.75, 3.05) is 26.3 Å². The lowest BCUT2D eigenvalue weighted by Gasteiger charge is -2.35. The predicted octanol–water partition coefficient (Wildman–Crippen LogP) is 1.18. The summed E-state index contributed by atoms with van der Waals surface area (Å²) in [7, 11) is 0. The SMILES string of the molecule is O=[N+]([O-])c1cccc(OC[C@H](O)CN2CCCC[C@H]2CO)c1. The van der Waals surface area contributed by atoms with E-state index in [0.29, 0.717) is 12.3 Å². The zero-order valence-electron chi connectivity index (χ0n) is 12.4. The molecule has 0 radical (unpaired) electrons. The topological polar surface area (TPSA) is 96.1 Å². The van der Waals surface area contributed by atoms with Crippen molar-refractivity contribution in [3.63, 3.8) is 0 Å². The smallest absolute Gasteiger partial charge is 0.273 e. The van der Waals surface area contributed by atoms with Crippen molar-refractivity contribution in [2.24, 2.45) is 0 Å². The highest BCUT2D eigenvalue weighted by Gasteiger charge is 2.23. The lowest BCUT2D eigenvalue weighted by Crippen LogP contribution is -2.46. The van der Waals surface area contributed by atoms with Gasteiger partial charge in [-0.2, -0.15) is 0 Å². The molecule has 1 aromatic carbocycles. The maximum atomic E-state index is 10.7. The fourth-order valence-electron chi connectivity index (χ4n) is 2.71. The molecule has 0 amide bonds. The van der Waals surface area contributed by atoms with Crippen LogP contribution in [0.5, 0.6) is 5.75 Å². The maximum absolute atomic E-state index is 10.7. The van der Waals surface area contributed by atoms with E-state index in [1.165, 1.54) is 12.1 Å². The molecule has 1 heterocycles. The number of hydrogen-bond donors (Lipinski definition) is 2. The number of non-ortho nitro benzene ring substituents is 1. The molecule has 1 fully saturated rings. The second-order valence-electron chi connectivity index (χ2n) is 5.55. The van der Waals surface area contributed by atoms with Crippen LogP contribution in [0.3, 0.4) is 0 Å². The van der Waals surface area contributed by atoms with Crippen LogP contribution in [0.1, 0.15) is 19.3 Å². The van der Waals surface area contributed by atoms with E-state index in [0.717, 1.165) is 25.8 Å². The number of likely N-dealkylation sites (tertiary alicyclic amines) is 1. The number of ether oxygens (including phenoxy) is 1. The second kappa shape index (κ2) is 8.07. The molecule has 1 aliphatic rings. The van der Waals surface area contributed by atoms with Crippen molar-refractivity contribution < 1.29 is 19.9 Å². The van der Waals surface area contributed by atoms with Gasteiger partial charge < -0.3 is 14.9 Å². The molecule has 122 valence electrons. The number of rotatable bonds is 7. The average molecular weight is 310 g/mol. The van der Waals surface area contributed by atoms with Crippen molar-refractivity contribution >= 4 is 5.69 Å². The number of piperidine rings is 1. The van der Waals surface area contributed by atoms with E-state index in [-0.39, 0.29) is 24.9 Å². The molecule has 1 saturated heterocycles. The molecule has 1 aliphatic heterocycles. The minimum absolute atomic E-state index is 0.0386. The van der Waals surface area contributed by atoms with Gasteiger partial charge in [0.15, 0.2) is 0 Å². The predicted molar refractivity (Wildman–Crippen MR) is 80.9 cm³/mol. The zero-order valence-corrected chi connectivity index (χ0v) is 12.4. The van der Waals surface area contributed by atoms with Crippen LogP contribution in [0.25, 0.3) is 0 Å². The molecule has 0 spiro atoms. The van der Waals surface area contributed by atoms with Crippen LogP contribution in [-0.4, -0.2) is 58.5 Å². The normalized spacial score (nSPS) is 20.5. The van der Waals surface area contributed by atoms with Crippen LogP contribution < -0.4 is 4.74 Å². The molecule has 1 aromatic rings. The van der Waals surface area contributed by atoms with E-state index >= 15 is 0 Å². The molecule has 0 aliphatic carbocycles. The molecule has 2 rings (SSSR count). The number of hydrogen-bond acceptors (Lipinski definition) is 6. The fraction of sp³-hybridized carbons (Fsp3) is 0.600. The fourth-order valence-corrected chi connectivity index (χ4v) is 2.71. The Morgan fingerprint density at radius 2 is 2.27 bits per heavy atom. The monoisotopic (exact) mass is 310 g/mol. The van der Waals surface area contributed by atoms with E-state index in [9.17, 15) is 20.3 Å². The largest absolute Gasteiger partial charge is 0.491 e. The highest BCUT2D eigenvalue weighted by atomic mass is 16.6. The van der Waals surface area contributed by atoms with Gasteiger partial charge in [0.25, 0.3) is 5.69 Å². The Kier molecular flexibility index (Phi) is 6.11. The number of nitrogens with zero attached hydrogens (tertiary/aromatic N) is 2. The van der Waals surface area contributed by atoms with Crippen molar-refractivity contribution in [3.8, 4) is 5.75 Å². The van der Waals surface area contributed by atoms with Crippen molar-refractivity contribution in [3.05, 3.63) is 34.4 Å². The number of aliphatic hydroxyl groups excluding tert-OH is 2. The van der Waals surface area contributed by atoms with E-state index in [2.05, 4.69) is 4.90 Å². The number of aliphatic hydroxyl groups is 2. The highest BCUT2D eigenvalue weighted by molar-refractivity contribution is 5.37. The van der Waals surface area contributed by atoms with Gasteiger partial charge in [0.1, 0.15) is 18.5 Å². The summed E-state index contributed by atoms with van der Waals surface area (Å²) in [6.07, 6.45) is 2.40. The number of nitro benzene ring substituents is 1. The van der Waals surface area contributed by atoms with Gasteiger partial charge in [0.2, 0.25) is 0 Å². The van der Waals surface area contributed by atoms with Crippen molar-refractivity contribution in [2.45, 2.75) is 31.4 Å². The average Bonchev–Trinajstić information content (AvgIpc) is 2.53. The standard InChI is InChI=1S/C15H22N2O5/c18-10-13-4-1-2-7-16(13)9-14(19)11-22-15-6-3-5-12(8-15)17(20)21/h3,5-6,8,13-14,18-19H,1-2,4,7,9-11H2/t13-,14+/m0/s1. The van der Waals surface area contributed by atoms with Gasteiger partial charge in [-0.3, -0.25) is 15.0 Å². The zero-order chi connectivity index (χ0) is 15.9. The van der Waals surface area contributed by atoms with Gasteiger partial charge in [-0.05, 0) is 25.5 Å². The van der Waals surface area contributed by atoms with Gasteiger partial charge >= 0.3 is 0 Å². The van der Waals surface area contributed by atoms with Gasteiger partial charge in [-0.1, -0.05) is 12.5 Å². The molecule has 22 heavy (non-hydrogen) atoms. The van der Waals surface area contributed by atoms with Crippen LogP contribution >= 0.6 is 0 Å². The summed E-state index contributed by atoms with van der Waals surface area (Å²) in [6.45, 7) is 1.45. The van der Waals surface area contributed by atoms with E-state index in [1.807, 2.05) is 0 Å². The van der Waals surface area contributed by atoms with E-state index < -0.39 is 11.0 Å². The first-order valence-corrected chi connectivity index (χ1v) is 7.50. The van der Waals surface area contributed by atoms with Crippen LogP contribution in [0, 0.1) is 10.1 Å². The van der Waals surface area contributed by atoms with Crippen LogP contribution in [0.15, 0.2) is 24.3 Å². The Balaban J connectivity index is 1.83. The molecular weight excluding hydrogens is 288 g/mol. The first kappa shape index (κ1) is 16.7. The first-order chi connectivity index (χ1) is 10.6. The maximum Gasteiger partial charge on any atom is 0.273 e. The molecule has 7 nitrogen and oxygen atoms in total. The summed E-state index contributed by atoms with van der Waals surface area (Å²) in [5.41, 5.74) is -0.0386. The summed E-state index contributed by atoms with van der Waals surface area (Å²) in [6, 6.07) is 6.00. The van der Waals surface area contributed by atoms with Crippen molar-refractivity contribution in [1.82, 2.24) is 4.90 Å².